The van der Waals surface area contributed by atoms with Gasteiger partial charge in [0.1, 0.15) is 0 Å². The normalized spacial score (nSPS) is 15.1. The van der Waals surface area contributed by atoms with E-state index in [0.717, 1.165) is 55.5 Å². The molecule has 2 aromatic heterocycles. The molecule has 31 heavy (non-hydrogen) atoms. The highest BCUT2D eigenvalue weighted by Crippen LogP contribution is 2.19. The predicted octanol–water partition coefficient (Wildman–Crippen LogP) is 1.60. The van der Waals surface area contributed by atoms with E-state index in [1.807, 2.05) is 24.3 Å². The molecule has 0 spiro atoms. The lowest BCUT2D eigenvalue weighted by molar-refractivity contribution is -0.907. The number of benzene rings is 1. The van der Waals surface area contributed by atoms with E-state index in [-0.39, 0.29) is 5.91 Å². The monoisotopic (exact) mass is 426 g/mol. The molecule has 0 bridgehead atoms. The van der Waals surface area contributed by atoms with Crippen LogP contribution in [0.15, 0.2) is 51.5 Å². The van der Waals surface area contributed by atoms with Crippen molar-refractivity contribution in [2.45, 2.75) is 19.9 Å². The number of nitrogens with one attached hydrogen (secondary N) is 2. The second kappa shape index (κ2) is 10.2. The van der Waals surface area contributed by atoms with Gasteiger partial charge in [0.2, 0.25) is 0 Å². The quantitative estimate of drug-likeness (QED) is 0.536. The summed E-state index contributed by atoms with van der Waals surface area (Å²) in [7, 11) is 0. The van der Waals surface area contributed by atoms with Gasteiger partial charge in [0, 0.05) is 24.5 Å². The minimum atomic E-state index is -0.0478. The van der Waals surface area contributed by atoms with Gasteiger partial charge in [-0.3, -0.25) is 4.79 Å². The third kappa shape index (κ3) is 5.71. The lowest BCUT2D eigenvalue weighted by Crippen LogP contribution is -3.11. The molecule has 1 amide bonds. The van der Waals surface area contributed by atoms with Crippen molar-refractivity contribution in [3.63, 3.8) is 0 Å². The molecular weight excluding hydrogens is 398 g/mol. The summed E-state index contributed by atoms with van der Waals surface area (Å²) in [5, 5.41) is 11.1. The first kappa shape index (κ1) is 21.1. The van der Waals surface area contributed by atoms with Crippen molar-refractivity contribution in [3.05, 3.63) is 48.6 Å². The number of nitrogens with zero attached hydrogens (tertiary/aromatic N) is 3. The number of furan rings is 1. The zero-order chi connectivity index (χ0) is 21.5. The molecule has 9 heteroatoms. The van der Waals surface area contributed by atoms with Gasteiger partial charge in [0.15, 0.2) is 18.8 Å². The van der Waals surface area contributed by atoms with Crippen LogP contribution in [0.4, 0.5) is 11.4 Å². The fourth-order valence-corrected chi connectivity index (χ4v) is 3.64. The number of quaternary nitrogens is 1. The Labute approximate surface area is 181 Å². The van der Waals surface area contributed by atoms with Crippen molar-refractivity contribution < 1.29 is 23.3 Å². The molecule has 1 atom stereocenters. The van der Waals surface area contributed by atoms with Crippen molar-refractivity contribution in [2.75, 3.05) is 49.6 Å². The Morgan fingerprint density at radius 3 is 2.68 bits per heavy atom. The Morgan fingerprint density at radius 2 is 1.97 bits per heavy atom. The van der Waals surface area contributed by atoms with Gasteiger partial charge in [-0.25, -0.2) is 0 Å². The van der Waals surface area contributed by atoms with Crippen LogP contribution in [0, 0.1) is 0 Å². The maximum absolute atomic E-state index is 12.6. The number of aromatic nitrogens is 2. The third-order valence-corrected chi connectivity index (χ3v) is 5.14. The van der Waals surface area contributed by atoms with Crippen LogP contribution in [0.1, 0.15) is 19.2 Å². The maximum Gasteiger partial charge on any atom is 0.283 e. The largest absolute Gasteiger partial charge is 0.459 e. The number of ether oxygens (including phenoxy) is 1. The summed E-state index contributed by atoms with van der Waals surface area (Å²) in [5.41, 5.74) is 1.93. The molecule has 0 radical (unpaired) electrons. The summed E-state index contributed by atoms with van der Waals surface area (Å²) in [5.74, 6) is 1.32. The standard InChI is InChI=1S/C22H27N5O4/c1-2-9-26(16-21-24-25-22(31-21)19-4-3-12-30-19)15-20(28)23-17-5-7-18(8-6-17)27-10-13-29-14-11-27/h3-8,12H,2,9-11,13-16H2,1H3,(H,23,28)/p+1. The molecule has 4 rings (SSSR count). The van der Waals surface area contributed by atoms with Gasteiger partial charge in [-0.15, -0.1) is 10.2 Å². The Kier molecular flexibility index (Phi) is 6.96. The first-order valence-corrected chi connectivity index (χ1v) is 10.6. The number of rotatable bonds is 9. The fourth-order valence-electron chi connectivity index (χ4n) is 3.64. The lowest BCUT2D eigenvalue weighted by Gasteiger charge is -2.28. The first-order chi connectivity index (χ1) is 15.2. The van der Waals surface area contributed by atoms with Gasteiger partial charge in [-0.1, -0.05) is 6.92 Å². The van der Waals surface area contributed by atoms with Crippen molar-refractivity contribution in [1.29, 1.82) is 0 Å². The van der Waals surface area contributed by atoms with Crippen LogP contribution in [0.3, 0.4) is 0 Å². The molecule has 164 valence electrons. The molecule has 1 fully saturated rings. The summed E-state index contributed by atoms with van der Waals surface area (Å²) in [6.45, 7) is 6.97. The third-order valence-electron chi connectivity index (χ3n) is 5.14. The summed E-state index contributed by atoms with van der Waals surface area (Å²) in [6, 6.07) is 11.5. The van der Waals surface area contributed by atoms with Crippen LogP contribution in [0.5, 0.6) is 0 Å². The molecule has 1 aliphatic rings. The smallest absolute Gasteiger partial charge is 0.283 e. The zero-order valence-corrected chi connectivity index (χ0v) is 17.7. The Bertz CT molecular complexity index is 949. The van der Waals surface area contributed by atoms with E-state index in [4.69, 9.17) is 13.6 Å². The molecule has 1 unspecified atom stereocenters. The second-order valence-corrected chi connectivity index (χ2v) is 7.53. The van der Waals surface area contributed by atoms with Crippen LogP contribution in [0.25, 0.3) is 11.7 Å². The van der Waals surface area contributed by atoms with Crippen molar-refractivity contribution in [3.8, 4) is 11.7 Å². The molecule has 3 aromatic rings. The minimum Gasteiger partial charge on any atom is -0.459 e. The number of carbonyl (C=O) groups is 1. The number of carbonyl (C=O) groups excluding carboxylic acids is 1. The molecule has 2 N–H and O–H groups in total. The van der Waals surface area contributed by atoms with Crippen molar-refractivity contribution in [2.24, 2.45) is 0 Å². The van der Waals surface area contributed by atoms with Crippen LogP contribution >= 0.6 is 0 Å². The van der Waals surface area contributed by atoms with Crippen LogP contribution in [0.2, 0.25) is 0 Å². The average Bonchev–Trinajstić information content (AvgIpc) is 3.47. The fraction of sp³-hybridized carbons (Fsp3) is 0.409. The topological polar surface area (TPSA) is 98.1 Å². The maximum atomic E-state index is 12.6. The summed E-state index contributed by atoms with van der Waals surface area (Å²) in [4.78, 5) is 16.0. The van der Waals surface area contributed by atoms with Crippen LogP contribution in [-0.2, 0) is 16.1 Å². The second-order valence-electron chi connectivity index (χ2n) is 7.53. The van der Waals surface area contributed by atoms with E-state index < -0.39 is 0 Å². The van der Waals surface area contributed by atoms with E-state index in [9.17, 15) is 4.79 Å². The first-order valence-electron chi connectivity index (χ1n) is 10.6. The van der Waals surface area contributed by atoms with Gasteiger partial charge < -0.3 is 28.7 Å². The summed E-state index contributed by atoms with van der Waals surface area (Å²) >= 11 is 0. The number of amides is 1. The molecule has 1 saturated heterocycles. The zero-order valence-electron chi connectivity index (χ0n) is 17.7. The Morgan fingerprint density at radius 1 is 1.16 bits per heavy atom. The highest BCUT2D eigenvalue weighted by Gasteiger charge is 2.19. The van der Waals surface area contributed by atoms with E-state index in [2.05, 4.69) is 27.3 Å². The number of hydrogen-bond donors (Lipinski definition) is 2. The lowest BCUT2D eigenvalue weighted by atomic mass is 10.2. The summed E-state index contributed by atoms with van der Waals surface area (Å²) in [6.07, 6.45) is 2.50. The molecule has 0 aliphatic carbocycles. The summed E-state index contributed by atoms with van der Waals surface area (Å²) < 4.78 is 16.4. The van der Waals surface area contributed by atoms with Gasteiger partial charge in [-0.2, -0.15) is 0 Å². The van der Waals surface area contributed by atoms with Gasteiger partial charge in [-0.05, 0) is 42.8 Å². The Balaban J connectivity index is 1.32. The van der Waals surface area contributed by atoms with E-state index in [1.54, 1.807) is 18.4 Å². The van der Waals surface area contributed by atoms with Crippen molar-refractivity contribution in [1.82, 2.24) is 10.2 Å². The minimum absolute atomic E-state index is 0.0478. The van der Waals surface area contributed by atoms with E-state index in [0.29, 0.717) is 30.6 Å². The molecule has 1 aliphatic heterocycles. The SMILES string of the molecule is CCC[NH+](CC(=O)Nc1ccc(N2CCOCC2)cc1)Cc1nnc(-c2ccco2)o1. The highest BCUT2D eigenvalue weighted by atomic mass is 16.5. The van der Waals surface area contributed by atoms with Gasteiger partial charge in [0.25, 0.3) is 17.7 Å². The number of morpholine rings is 1. The predicted molar refractivity (Wildman–Crippen MR) is 115 cm³/mol. The van der Waals surface area contributed by atoms with Crippen molar-refractivity contribution >= 4 is 17.3 Å². The molecule has 9 nitrogen and oxygen atoms in total. The van der Waals surface area contributed by atoms with Crippen LogP contribution in [-0.4, -0.2) is 55.5 Å². The Hall–Kier alpha value is -3.17. The number of hydrogen-bond acceptors (Lipinski definition) is 7. The number of anilines is 2. The molecule has 1 aromatic carbocycles. The van der Waals surface area contributed by atoms with E-state index in [1.165, 1.54) is 0 Å². The van der Waals surface area contributed by atoms with Crippen LogP contribution < -0.4 is 15.1 Å². The molecule has 3 heterocycles. The molecular formula is C22H28N5O4+. The molecule has 0 saturated carbocycles. The van der Waals surface area contributed by atoms with Gasteiger partial charge >= 0.3 is 0 Å². The average molecular weight is 426 g/mol. The highest BCUT2D eigenvalue weighted by molar-refractivity contribution is 5.91. The van der Waals surface area contributed by atoms with E-state index >= 15 is 0 Å². The van der Waals surface area contributed by atoms with Gasteiger partial charge in [0.05, 0.1) is 26.0 Å².